The average Bonchev–Trinajstić information content (AvgIpc) is 3.17. The Balaban J connectivity index is 1.68. The number of hydroxylamine groups is 2. The van der Waals surface area contributed by atoms with E-state index in [4.69, 9.17) is 4.84 Å². The standard InChI is InChI=1S/C17H14N2O6S/c20-15(21)12-6-10-11-7-18(13(16(22)23)14(10)26-12)17(24)19(11)25-8-9-4-2-1-3-5-9/h1-6,11,13H,7-8H2,(H,20,21)(H,22,23). The Hall–Kier alpha value is -2.91. The predicted molar refractivity (Wildman–Crippen MR) is 89.6 cm³/mol. The van der Waals surface area contributed by atoms with Crippen molar-refractivity contribution in [2.24, 2.45) is 0 Å². The Kier molecular flexibility index (Phi) is 3.89. The fourth-order valence-corrected chi connectivity index (χ4v) is 4.45. The number of hydrogen-bond acceptors (Lipinski definition) is 5. The molecule has 3 heterocycles. The zero-order chi connectivity index (χ0) is 18.4. The summed E-state index contributed by atoms with van der Waals surface area (Å²) < 4.78 is 0. The molecule has 2 unspecified atom stereocenters. The first-order valence-corrected chi connectivity index (χ1v) is 8.65. The number of nitrogens with zero attached hydrogens (tertiary/aromatic N) is 2. The van der Waals surface area contributed by atoms with Gasteiger partial charge in [-0.3, -0.25) is 4.84 Å². The number of hydrogen-bond donors (Lipinski definition) is 2. The number of carboxylic acid groups (broad SMARTS) is 2. The molecule has 2 amide bonds. The van der Waals surface area contributed by atoms with Gasteiger partial charge in [0.05, 0.1) is 6.54 Å². The normalized spacial score (nSPS) is 21.0. The Morgan fingerprint density at radius 2 is 1.96 bits per heavy atom. The van der Waals surface area contributed by atoms with E-state index in [0.717, 1.165) is 22.0 Å². The molecule has 2 bridgehead atoms. The lowest BCUT2D eigenvalue weighted by molar-refractivity contribution is -0.143. The quantitative estimate of drug-likeness (QED) is 0.833. The van der Waals surface area contributed by atoms with Gasteiger partial charge in [-0.25, -0.2) is 14.4 Å². The molecule has 2 N–H and O–H groups in total. The minimum atomic E-state index is -1.20. The van der Waals surface area contributed by atoms with E-state index in [-0.39, 0.29) is 18.0 Å². The molecule has 26 heavy (non-hydrogen) atoms. The Labute approximate surface area is 151 Å². The van der Waals surface area contributed by atoms with Crippen LogP contribution >= 0.6 is 11.3 Å². The molecule has 8 nitrogen and oxygen atoms in total. The molecule has 9 heteroatoms. The van der Waals surface area contributed by atoms with Gasteiger partial charge in [-0.1, -0.05) is 30.3 Å². The summed E-state index contributed by atoms with van der Waals surface area (Å²) in [6.45, 7) is 0.299. The number of rotatable bonds is 5. The van der Waals surface area contributed by atoms with E-state index in [1.165, 1.54) is 11.0 Å². The lowest BCUT2D eigenvalue weighted by Crippen LogP contribution is -2.37. The highest BCUT2D eigenvalue weighted by Gasteiger charge is 2.52. The van der Waals surface area contributed by atoms with Crippen molar-refractivity contribution in [3.8, 4) is 0 Å². The molecule has 0 aliphatic carbocycles. The molecule has 1 saturated heterocycles. The minimum Gasteiger partial charge on any atom is -0.479 e. The van der Waals surface area contributed by atoms with E-state index in [1.807, 2.05) is 30.3 Å². The van der Waals surface area contributed by atoms with E-state index < -0.39 is 30.1 Å². The van der Waals surface area contributed by atoms with Gasteiger partial charge in [-0.05, 0) is 17.2 Å². The first-order valence-electron chi connectivity index (χ1n) is 7.83. The molecule has 0 saturated carbocycles. The second kappa shape index (κ2) is 6.11. The third kappa shape index (κ3) is 2.52. The van der Waals surface area contributed by atoms with E-state index in [2.05, 4.69) is 0 Å². The van der Waals surface area contributed by atoms with Crippen molar-refractivity contribution in [2.45, 2.75) is 18.7 Å². The smallest absolute Gasteiger partial charge is 0.345 e. The maximum atomic E-state index is 12.7. The highest BCUT2D eigenvalue weighted by Crippen LogP contribution is 2.47. The second-order valence-electron chi connectivity index (χ2n) is 6.01. The van der Waals surface area contributed by atoms with Crippen LogP contribution in [0.2, 0.25) is 0 Å². The number of carbonyl (C=O) groups is 3. The maximum Gasteiger partial charge on any atom is 0.345 e. The van der Waals surface area contributed by atoms with Crippen molar-refractivity contribution in [3.05, 3.63) is 57.3 Å². The lowest BCUT2D eigenvalue weighted by atomic mass is 9.99. The topological polar surface area (TPSA) is 107 Å². The van der Waals surface area contributed by atoms with Crippen LogP contribution in [0.4, 0.5) is 4.79 Å². The highest BCUT2D eigenvalue weighted by atomic mass is 32.1. The molecule has 2 aromatic rings. The van der Waals surface area contributed by atoms with Gasteiger partial charge in [-0.15, -0.1) is 11.3 Å². The minimum absolute atomic E-state index is 0.0467. The van der Waals surface area contributed by atoms with Crippen molar-refractivity contribution in [3.63, 3.8) is 0 Å². The zero-order valence-electron chi connectivity index (χ0n) is 13.4. The van der Waals surface area contributed by atoms with Gasteiger partial charge in [-0.2, -0.15) is 5.06 Å². The van der Waals surface area contributed by atoms with Gasteiger partial charge >= 0.3 is 18.0 Å². The van der Waals surface area contributed by atoms with Crippen LogP contribution in [-0.2, 0) is 16.2 Å². The molecule has 134 valence electrons. The van der Waals surface area contributed by atoms with Gasteiger partial charge < -0.3 is 15.1 Å². The van der Waals surface area contributed by atoms with Crippen LogP contribution in [0.15, 0.2) is 36.4 Å². The van der Waals surface area contributed by atoms with E-state index in [1.54, 1.807) is 0 Å². The summed E-state index contributed by atoms with van der Waals surface area (Å²) >= 11 is 0.889. The van der Waals surface area contributed by atoms with Gasteiger partial charge in [0.25, 0.3) is 0 Å². The highest BCUT2D eigenvalue weighted by molar-refractivity contribution is 7.14. The monoisotopic (exact) mass is 374 g/mol. The van der Waals surface area contributed by atoms with Crippen molar-refractivity contribution in [2.75, 3.05) is 6.54 Å². The summed E-state index contributed by atoms with van der Waals surface area (Å²) in [6, 6.07) is 8.46. The SMILES string of the molecule is O=C(O)c1cc2c(s1)C(C(=O)O)N1CC2N(OCc2ccccc2)C1=O. The van der Waals surface area contributed by atoms with Crippen LogP contribution < -0.4 is 0 Å². The van der Waals surface area contributed by atoms with Crippen LogP contribution in [0.5, 0.6) is 0 Å². The predicted octanol–water partition coefficient (Wildman–Crippen LogP) is 2.50. The van der Waals surface area contributed by atoms with Crippen LogP contribution in [0, 0.1) is 0 Å². The first-order chi connectivity index (χ1) is 12.5. The summed E-state index contributed by atoms with van der Waals surface area (Å²) in [5, 5.41) is 20.0. The number of fused-ring (bicyclic) bond motifs is 4. The Morgan fingerprint density at radius 1 is 1.23 bits per heavy atom. The fourth-order valence-electron chi connectivity index (χ4n) is 3.29. The summed E-state index contributed by atoms with van der Waals surface area (Å²) in [7, 11) is 0. The maximum absolute atomic E-state index is 12.7. The van der Waals surface area contributed by atoms with E-state index in [0.29, 0.717) is 10.4 Å². The number of amides is 2. The number of thiophene rings is 1. The summed E-state index contributed by atoms with van der Waals surface area (Å²) in [5.74, 6) is -2.32. The summed E-state index contributed by atoms with van der Waals surface area (Å²) in [6.07, 6.45) is 0. The number of aromatic carboxylic acids is 1. The molecule has 1 aromatic carbocycles. The molecule has 2 atom stereocenters. The van der Waals surface area contributed by atoms with E-state index >= 15 is 0 Å². The summed E-state index contributed by atoms with van der Waals surface area (Å²) in [5.41, 5.74) is 1.39. The number of carboxylic acids is 2. The molecule has 0 spiro atoms. The van der Waals surface area contributed by atoms with Gasteiger partial charge in [0.15, 0.2) is 6.04 Å². The molecule has 1 fully saturated rings. The molecular weight excluding hydrogens is 360 g/mol. The number of urea groups is 1. The van der Waals surface area contributed by atoms with Crippen LogP contribution in [0.1, 0.15) is 37.8 Å². The van der Waals surface area contributed by atoms with Crippen molar-refractivity contribution in [1.82, 2.24) is 9.96 Å². The van der Waals surface area contributed by atoms with Gasteiger partial charge in [0, 0.05) is 4.88 Å². The third-order valence-electron chi connectivity index (χ3n) is 4.45. The largest absolute Gasteiger partial charge is 0.479 e. The number of aliphatic carboxylic acids is 1. The first kappa shape index (κ1) is 16.6. The number of carbonyl (C=O) groups excluding carboxylic acids is 1. The summed E-state index contributed by atoms with van der Waals surface area (Å²) in [4.78, 5) is 43.0. The van der Waals surface area contributed by atoms with Gasteiger partial charge in [0.1, 0.15) is 17.5 Å². The molecule has 4 rings (SSSR count). The average molecular weight is 374 g/mol. The third-order valence-corrected chi connectivity index (χ3v) is 5.65. The van der Waals surface area contributed by atoms with Crippen LogP contribution in [0.25, 0.3) is 0 Å². The van der Waals surface area contributed by atoms with Crippen LogP contribution in [-0.4, -0.2) is 44.7 Å². The lowest BCUT2D eigenvalue weighted by Gasteiger charge is -2.27. The molecule has 2 aliphatic heterocycles. The fraction of sp³-hybridized carbons (Fsp3) is 0.235. The molecule has 0 radical (unpaired) electrons. The molecule has 2 aliphatic rings. The van der Waals surface area contributed by atoms with Gasteiger partial charge in [0.2, 0.25) is 0 Å². The Morgan fingerprint density at radius 3 is 2.62 bits per heavy atom. The Bertz CT molecular complexity index is 896. The molecular formula is C17H14N2O6S. The van der Waals surface area contributed by atoms with Crippen molar-refractivity contribution in [1.29, 1.82) is 0 Å². The molecule has 1 aromatic heterocycles. The van der Waals surface area contributed by atoms with Crippen molar-refractivity contribution >= 4 is 29.3 Å². The number of benzene rings is 1. The van der Waals surface area contributed by atoms with E-state index in [9.17, 15) is 24.6 Å². The second-order valence-corrected chi connectivity index (χ2v) is 7.10. The zero-order valence-corrected chi connectivity index (χ0v) is 14.2. The van der Waals surface area contributed by atoms with Crippen molar-refractivity contribution < 1.29 is 29.4 Å². The van der Waals surface area contributed by atoms with Crippen LogP contribution in [0.3, 0.4) is 0 Å².